The molecule has 4 nitrogen and oxygen atoms in total. The molecule has 1 aromatic heterocycles. The minimum absolute atomic E-state index is 0.653. The maximum atomic E-state index is 5.60. The van der Waals surface area contributed by atoms with E-state index in [1.54, 1.807) is 6.20 Å². The number of rotatable bonds is 3. The van der Waals surface area contributed by atoms with Gasteiger partial charge >= 0.3 is 0 Å². The van der Waals surface area contributed by atoms with Crippen molar-refractivity contribution in [2.24, 2.45) is 0 Å². The van der Waals surface area contributed by atoms with Crippen LogP contribution in [-0.4, -0.2) is 36.1 Å². The predicted molar refractivity (Wildman–Crippen MR) is 60.7 cm³/mol. The number of thiazole rings is 1. The minimum Gasteiger partial charge on any atom is -0.389 e. The molecule has 14 heavy (non-hydrogen) atoms. The van der Waals surface area contributed by atoms with Gasteiger partial charge < -0.3 is 16.0 Å². The fourth-order valence-corrected chi connectivity index (χ4v) is 2.40. The Morgan fingerprint density at radius 1 is 1.79 bits per heavy atom. The van der Waals surface area contributed by atoms with E-state index in [1.165, 1.54) is 30.7 Å². The first kappa shape index (κ1) is 9.73. The second-order valence-corrected chi connectivity index (χ2v) is 4.79. The van der Waals surface area contributed by atoms with Crippen molar-refractivity contribution in [2.75, 3.05) is 31.2 Å². The molecule has 1 atom stereocenters. The van der Waals surface area contributed by atoms with Crippen molar-refractivity contribution in [3.8, 4) is 0 Å². The van der Waals surface area contributed by atoms with Crippen LogP contribution in [0.1, 0.15) is 12.8 Å². The van der Waals surface area contributed by atoms with Crippen LogP contribution in [-0.2, 0) is 0 Å². The van der Waals surface area contributed by atoms with Gasteiger partial charge in [0.15, 0.2) is 5.13 Å². The van der Waals surface area contributed by atoms with E-state index in [-0.39, 0.29) is 0 Å². The Morgan fingerprint density at radius 3 is 3.21 bits per heavy atom. The maximum Gasteiger partial charge on any atom is 0.184 e. The molecule has 1 aromatic rings. The summed E-state index contributed by atoms with van der Waals surface area (Å²) >= 11 is 1.51. The van der Waals surface area contributed by atoms with Crippen LogP contribution in [0.2, 0.25) is 0 Å². The highest BCUT2D eigenvalue weighted by Crippen LogP contribution is 2.21. The van der Waals surface area contributed by atoms with E-state index >= 15 is 0 Å². The molecule has 1 saturated heterocycles. The fraction of sp³-hybridized carbons (Fsp3) is 0.667. The lowest BCUT2D eigenvalue weighted by atomic mass is 10.2. The molecule has 0 aliphatic carbocycles. The Kier molecular flexibility index (Phi) is 2.88. The van der Waals surface area contributed by atoms with Crippen LogP contribution >= 0.6 is 11.3 Å². The highest BCUT2D eigenvalue weighted by molar-refractivity contribution is 7.19. The third kappa shape index (κ3) is 2.16. The lowest BCUT2D eigenvalue weighted by Crippen LogP contribution is -2.31. The molecule has 5 heteroatoms. The molecule has 1 aliphatic rings. The van der Waals surface area contributed by atoms with Crippen LogP contribution in [0.15, 0.2) is 6.20 Å². The summed E-state index contributed by atoms with van der Waals surface area (Å²) in [6.45, 7) is 2.19. The summed E-state index contributed by atoms with van der Waals surface area (Å²) in [5.74, 6) is 0. The molecule has 0 amide bonds. The van der Waals surface area contributed by atoms with Gasteiger partial charge in [0.1, 0.15) is 5.00 Å². The van der Waals surface area contributed by atoms with E-state index in [1.807, 2.05) is 0 Å². The van der Waals surface area contributed by atoms with Crippen molar-refractivity contribution in [1.82, 2.24) is 9.88 Å². The molecule has 1 unspecified atom stereocenters. The van der Waals surface area contributed by atoms with Crippen LogP contribution in [0.25, 0.3) is 0 Å². The van der Waals surface area contributed by atoms with Gasteiger partial charge in [-0.2, -0.15) is 0 Å². The number of anilines is 2. The summed E-state index contributed by atoms with van der Waals surface area (Å²) in [5, 5.41) is 5.03. The monoisotopic (exact) mass is 212 g/mol. The first-order chi connectivity index (χ1) is 6.75. The zero-order chi connectivity index (χ0) is 9.97. The average Bonchev–Trinajstić information content (AvgIpc) is 2.72. The van der Waals surface area contributed by atoms with Gasteiger partial charge in [0.25, 0.3) is 0 Å². The second kappa shape index (κ2) is 4.14. The van der Waals surface area contributed by atoms with Crippen molar-refractivity contribution < 1.29 is 0 Å². The first-order valence-corrected chi connectivity index (χ1v) is 5.73. The molecular weight excluding hydrogens is 196 g/mol. The highest BCUT2D eigenvalue weighted by atomic mass is 32.1. The molecule has 78 valence electrons. The SMILES string of the molecule is CN1CCCC1CNc1ncc(N)s1. The molecule has 0 aromatic carbocycles. The number of nitrogens with zero attached hydrogens (tertiary/aromatic N) is 2. The predicted octanol–water partition coefficient (Wildman–Crippen LogP) is 1.23. The van der Waals surface area contributed by atoms with Crippen molar-refractivity contribution in [3.63, 3.8) is 0 Å². The molecule has 0 saturated carbocycles. The zero-order valence-electron chi connectivity index (χ0n) is 8.36. The van der Waals surface area contributed by atoms with Crippen LogP contribution < -0.4 is 11.1 Å². The largest absolute Gasteiger partial charge is 0.389 e. The lowest BCUT2D eigenvalue weighted by molar-refractivity contribution is 0.322. The van der Waals surface area contributed by atoms with Crippen LogP contribution in [0.3, 0.4) is 0 Å². The topological polar surface area (TPSA) is 54.2 Å². The molecule has 1 fully saturated rings. The van der Waals surface area contributed by atoms with E-state index in [0.29, 0.717) is 6.04 Å². The summed E-state index contributed by atoms with van der Waals surface area (Å²) in [7, 11) is 2.18. The van der Waals surface area contributed by atoms with Crippen molar-refractivity contribution in [3.05, 3.63) is 6.20 Å². The van der Waals surface area contributed by atoms with Gasteiger partial charge in [-0.25, -0.2) is 4.98 Å². The van der Waals surface area contributed by atoms with Gasteiger partial charge in [0.05, 0.1) is 6.20 Å². The fourth-order valence-electron chi connectivity index (χ4n) is 1.81. The number of hydrogen-bond donors (Lipinski definition) is 2. The van der Waals surface area contributed by atoms with Gasteiger partial charge in [-0.15, -0.1) is 0 Å². The minimum atomic E-state index is 0.653. The quantitative estimate of drug-likeness (QED) is 0.791. The molecule has 0 spiro atoms. The zero-order valence-corrected chi connectivity index (χ0v) is 9.18. The van der Waals surface area contributed by atoms with Crippen molar-refractivity contribution in [2.45, 2.75) is 18.9 Å². The molecule has 3 N–H and O–H groups in total. The Bertz CT molecular complexity index is 299. The number of nitrogens with two attached hydrogens (primary N) is 1. The Morgan fingerprint density at radius 2 is 2.64 bits per heavy atom. The van der Waals surface area contributed by atoms with E-state index in [4.69, 9.17) is 5.73 Å². The lowest BCUT2D eigenvalue weighted by Gasteiger charge is -2.19. The van der Waals surface area contributed by atoms with E-state index < -0.39 is 0 Å². The molecule has 1 aliphatic heterocycles. The highest BCUT2D eigenvalue weighted by Gasteiger charge is 2.20. The Labute approximate surface area is 88.1 Å². The third-order valence-corrected chi connectivity index (χ3v) is 3.47. The Balaban J connectivity index is 1.82. The summed E-state index contributed by atoms with van der Waals surface area (Å²) in [5.41, 5.74) is 5.60. The number of likely N-dealkylation sites (tertiary alicyclic amines) is 1. The molecule has 0 radical (unpaired) electrons. The smallest absolute Gasteiger partial charge is 0.184 e. The average molecular weight is 212 g/mol. The molecule has 0 bridgehead atoms. The van der Waals surface area contributed by atoms with E-state index in [2.05, 4.69) is 22.2 Å². The van der Waals surface area contributed by atoms with Gasteiger partial charge in [-0.05, 0) is 26.4 Å². The van der Waals surface area contributed by atoms with Gasteiger partial charge in [-0.1, -0.05) is 11.3 Å². The summed E-state index contributed by atoms with van der Waals surface area (Å²) in [4.78, 5) is 6.56. The third-order valence-electron chi connectivity index (χ3n) is 2.68. The summed E-state index contributed by atoms with van der Waals surface area (Å²) < 4.78 is 0. The second-order valence-electron chi connectivity index (χ2n) is 3.73. The van der Waals surface area contributed by atoms with Crippen LogP contribution in [0.5, 0.6) is 0 Å². The number of nitrogens with one attached hydrogen (secondary N) is 1. The number of hydrogen-bond acceptors (Lipinski definition) is 5. The van der Waals surface area contributed by atoms with E-state index in [0.717, 1.165) is 16.7 Å². The Hall–Kier alpha value is -0.810. The maximum absolute atomic E-state index is 5.60. The van der Waals surface area contributed by atoms with Crippen LogP contribution in [0, 0.1) is 0 Å². The van der Waals surface area contributed by atoms with Crippen molar-refractivity contribution in [1.29, 1.82) is 0 Å². The van der Waals surface area contributed by atoms with Gasteiger partial charge in [0.2, 0.25) is 0 Å². The number of aromatic nitrogens is 1. The molecular formula is C9H16N4S. The first-order valence-electron chi connectivity index (χ1n) is 4.91. The van der Waals surface area contributed by atoms with Gasteiger partial charge in [-0.3, -0.25) is 0 Å². The number of likely N-dealkylation sites (N-methyl/N-ethyl adjacent to an activating group) is 1. The number of nitrogen functional groups attached to an aromatic ring is 1. The standard InChI is InChI=1S/C9H16N4S/c1-13-4-2-3-7(13)5-11-9-12-6-8(10)14-9/h6-7H,2-5,10H2,1H3,(H,11,12). The summed E-state index contributed by atoms with van der Waals surface area (Å²) in [6, 6.07) is 0.653. The molecule has 2 heterocycles. The van der Waals surface area contributed by atoms with Crippen LogP contribution in [0.4, 0.5) is 10.1 Å². The van der Waals surface area contributed by atoms with Crippen molar-refractivity contribution >= 4 is 21.5 Å². The van der Waals surface area contributed by atoms with Gasteiger partial charge in [0, 0.05) is 12.6 Å². The van der Waals surface area contributed by atoms with E-state index in [9.17, 15) is 0 Å². The molecule has 2 rings (SSSR count). The normalized spacial score (nSPS) is 22.8. The summed E-state index contributed by atoms with van der Waals surface area (Å²) in [6.07, 6.45) is 4.29.